The van der Waals surface area contributed by atoms with Crippen LogP contribution >= 0.6 is 0 Å². The first kappa shape index (κ1) is 14.5. The van der Waals surface area contributed by atoms with E-state index in [-0.39, 0.29) is 17.8 Å². The summed E-state index contributed by atoms with van der Waals surface area (Å²) in [6, 6.07) is 7.33. The van der Waals surface area contributed by atoms with Gasteiger partial charge in [-0.2, -0.15) is 0 Å². The minimum atomic E-state index is -0.196. The van der Waals surface area contributed by atoms with Crippen LogP contribution in [-0.2, 0) is 11.2 Å². The molecule has 1 amide bonds. The molecule has 1 aromatic carbocycles. The summed E-state index contributed by atoms with van der Waals surface area (Å²) >= 11 is 0. The fourth-order valence-electron chi connectivity index (χ4n) is 3.57. The van der Waals surface area contributed by atoms with Gasteiger partial charge in [0.25, 0.3) is 0 Å². The van der Waals surface area contributed by atoms with Crippen LogP contribution in [0.3, 0.4) is 0 Å². The average molecular weight is 290 g/mol. The van der Waals surface area contributed by atoms with E-state index in [9.17, 15) is 9.18 Å². The average Bonchev–Trinajstić information content (AvgIpc) is 3.10. The summed E-state index contributed by atoms with van der Waals surface area (Å²) in [5, 5.41) is 3.39. The van der Waals surface area contributed by atoms with Crippen molar-refractivity contribution in [1.82, 2.24) is 10.2 Å². The van der Waals surface area contributed by atoms with Crippen molar-refractivity contribution in [2.75, 3.05) is 13.1 Å². The second kappa shape index (κ2) is 6.56. The van der Waals surface area contributed by atoms with Crippen LogP contribution in [0, 0.1) is 5.82 Å². The van der Waals surface area contributed by atoms with E-state index in [1.54, 1.807) is 12.1 Å². The van der Waals surface area contributed by atoms with Gasteiger partial charge in [-0.15, -0.1) is 0 Å². The van der Waals surface area contributed by atoms with Crippen LogP contribution in [0.4, 0.5) is 4.39 Å². The molecular weight excluding hydrogens is 267 g/mol. The Balaban J connectivity index is 1.60. The maximum Gasteiger partial charge on any atom is 0.224 e. The van der Waals surface area contributed by atoms with Gasteiger partial charge in [-0.05, 0) is 56.3 Å². The van der Waals surface area contributed by atoms with Crippen LogP contribution < -0.4 is 5.32 Å². The van der Waals surface area contributed by atoms with E-state index in [0.29, 0.717) is 12.5 Å². The Morgan fingerprint density at radius 1 is 1.33 bits per heavy atom. The number of amides is 1. The highest BCUT2D eigenvalue weighted by Gasteiger charge is 2.30. The molecule has 2 saturated heterocycles. The molecule has 3 nitrogen and oxygen atoms in total. The van der Waals surface area contributed by atoms with Crippen LogP contribution in [0.1, 0.15) is 37.7 Å². The highest BCUT2D eigenvalue weighted by Crippen LogP contribution is 2.23. The number of halogens is 1. The molecule has 2 heterocycles. The number of carbonyl (C=O) groups is 1. The molecule has 2 aliphatic rings. The monoisotopic (exact) mass is 290 g/mol. The Morgan fingerprint density at radius 2 is 2.24 bits per heavy atom. The zero-order valence-corrected chi connectivity index (χ0v) is 12.4. The Bertz CT molecular complexity index is 499. The summed E-state index contributed by atoms with van der Waals surface area (Å²) in [6.45, 7) is 1.89. The minimum absolute atomic E-state index is 0.196. The van der Waals surface area contributed by atoms with E-state index in [4.69, 9.17) is 0 Å². The van der Waals surface area contributed by atoms with Crippen LogP contribution in [0.25, 0.3) is 0 Å². The van der Waals surface area contributed by atoms with E-state index in [1.165, 1.54) is 12.5 Å². The van der Waals surface area contributed by atoms with Crippen molar-refractivity contribution in [2.45, 2.75) is 50.6 Å². The molecule has 4 heteroatoms. The molecule has 0 bridgehead atoms. The fraction of sp³-hybridized carbons (Fsp3) is 0.588. The first-order valence-corrected chi connectivity index (χ1v) is 7.99. The minimum Gasteiger partial charge on any atom is -0.339 e. The van der Waals surface area contributed by atoms with Gasteiger partial charge in [0.1, 0.15) is 5.82 Å². The molecule has 2 atom stereocenters. The van der Waals surface area contributed by atoms with E-state index in [2.05, 4.69) is 5.32 Å². The van der Waals surface area contributed by atoms with Crippen molar-refractivity contribution >= 4 is 5.91 Å². The highest BCUT2D eigenvalue weighted by atomic mass is 19.1. The van der Waals surface area contributed by atoms with Crippen LogP contribution in [0.5, 0.6) is 0 Å². The maximum atomic E-state index is 13.3. The van der Waals surface area contributed by atoms with Crippen LogP contribution in [0.2, 0.25) is 0 Å². The maximum absolute atomic E-state index is 13.3. The van der Waals surface area contributed by atoms with E-state index in [1.807, 2.05) is 11.0 Å². The summed E-state index contributed by atoms with van der Waals surface area (Å²) in [7, 11) is 0. The molecule has 1 N–H and O–H groups in total. The van der Waals surface area contributed by atoms with Crippen molar-refractivity contribution in [1.29, 1.82) is 0 Å². The van der Waals surface area contributed by atoms with Gasteiger partial charge in [-0.25, -0.2) is 4.39 Å². The first-order valence-electron chi connectivity index (χ1n) is 7.99. The third-order valence-electron chi connectivity index (χ3n) is 4.64. The van der Waals surface area contributed by atoms with Crippen LogP contribution in [-0.4, -0.2) is 36.0 Å². The lowest BCUT2D eigenvalue weighted by Gasteiger charge is -2.26. The number of rotatable bonds is 4. The molecule has 2 unspecified atom stereocenters. The Morgan fingerprint density at radius 3 is 3.00 bits per heavy atom. The van der Waals surface area contributed by atoms with E-state index in [0.717, 1.165) is 44.3 Å². The molecule has 2 fully saturated rings. The summed E-state index contributed by atoms with van der Waals surface area (Å²) < 4.78 is 13.3. The van der Waals surface area contributed by atoms with Gasteiger partial charge in [0, 0.05) is 25.0 Å². The first-order chi connectivity index (χ1) is 10.2. The fourth-order valence-corrected chi connectivity index (χ4v) is 3.57. The van der Waals surface area contributed by atoms with Gasteiger partial charge in [0.15, 0.2) is 0 Å². The number of nitrogens with one attached hydrogen (secondary N) is 1. The lowest BCUT2D eigenvalue weighted by Crippen LogP contribution is -2.39. The highest BCUT2D eigenvalue weighted by molar-refractivity contribution is 5.77. The lowest BCUT2D eigenvalue weighted by atomic mass is 10.0. The molecule has 0 radical (unpaired) electrons. The third kappa shape index (κ3) is 3.62. The third-order valence-corrected chi connectivity index (χ3v) is 4.64. The van der Waals surface area contributed by atoms with Crippen molar-refractivity contribution in [3.05, 3.63) is 35.6 Å². The molecule has 3 rings (SSSR count). The largest absolute Gasteiger partial charge is 0.339 e. The van der Waals surface area contributed by atoms with E-state index < -0.39 is 0 Å². The summed E-state index contributed by atoms with van der Waals surface area (Å²) in [5.74, 6) is 0.0619. The Labute approximate surface area is 125 Å². The van der Waals surface area contributed by atoms with Crippen LogP contribution in [0.15, 0.2) is 24.3 Å². The zero-order chi connectivity index (χ0) is 14.7. The Kier molecular flexibility index (Phi) is 4.54. The number of hydrogen-bond donors (Lipinski definition) is 1. The predicted molar refractivity (Wildman–Crippen MR) is 80.5 cm³/mol. The summed E-state index contributed by atoms with van der Waals surface area (Å²) in [4.78, 5) is 14.5. The van der Waals surface area contributed by atoms with Crippen molar-refractivity contribution < 1.29 is 9.18 Å². The van der Waals surface area contributed by atoms with Gasteiger partial charge < -0.3 is 10.2 Å². The Hall–Kier alpha value is -1.42. The van der Waals surface area contributed by atoms with Crippen molar-refractivity contribution in [3.8, 4) is 0 Å². The van der Waals surface area contributed by atoms with Gasteiger partial charge in [0.05, 0.1) is 0 Å². The van der Waals surface area contributed by atoms with E-state index >= 15 is 0 Å². The molecule has 2 aliphatic heterocycles. The number of hydrogen-bond acceptors (Lipinski definition) is 2. The van der Waals surface area contributed by atoms with Gasteiger partial charge in [0.2, 0.25) is 5.91 Å². The molecule has 1 aromatic rings. The zero-order valence-electron chi connectivity index (χ0n) is 12.4. The quantitative estimate of drug-likeness (QED) is 0.924. The molecule has 0 aliphatic carbocycles. The predicted octanol–water partition coefficient (Wildman–Crippen LogP) is 2.50. The second-order valence-corrected chi connectivity index (χ2v) is 6.21. The molecule has 0 aromatic heterocycles. The smallest absolute Gasteiger partial charge is 0.224 e. The topological polar surface area (TPSA) is 32.3 Å². The van der Waals surface area contributed by atoms with Gasteiger partial charge in [-0.1, -0.05) is 12.1 Å². The summed E-state index contributed by atoms with van der Waals surface area (Å²) in [5.41, 5.74) is 0.985. The standard InChI is InChI=1S/C17H23FN2O/c18-14-5-1-4-13(10-14)11-16-7-3-9-20(16)17(21)12-15-6-2-8-19-15/h1,4-5,10,15-16,19H,2-3,6-9,11-12H2. The number of benzene rings is 1. The number of nitrogens with zero attached hydrogens (tertiary/aromatic N) is 1. The van der Waals surface area contributed by atoms with Crippen molar-refractivity contribution in [3.63, 3.8) is 0 Å². The number of likely N-dealkylation sites (tertiary alicyclic amines) is 1. The molecule has 114 valence electrons. The van der Waals surface area contributed by atoms with Crippen molar-refractivity contribution in [2.24, 2.45) is 0 Å². The second-order valence-electron chi connectivity index (χ2n) is 6.21. The number of carbonyl (C=O) groups excluding carboxylic acids is 1. The molecule has 0 saturated carbocycles. The SMILES string of the molecule is O=C(CC1CCCN1)N1CCCC1Cc1cccc(F)c1. The lowest BCUT2D eigenvalue weighted by molar-refractivity contribution is -0.132. The van der Waals surface area contributed by atoms with Gasteiger partial charge in [-0.3, -0.25) is 4.79 Å². The van der Waals surface area contributed by atoms with Gasteiger partial charge >= 0.3 is 0 Å². The normalized spacial score (nSPS) is 25.5. The summed E-state index contributed by atoms with van der Waals surface area (Å²) in [6.07, 6.45) is 5.74. The molecule has 21 heavy (non-hydrogen) atoms. The molecule has 0 spiro atoms. The molecular formula is C17H23FN2O.